The van der Waals surface area contributed by atoms with E-state index < -0.39 is 0 Å². The summed E-state index contributed by atoms with van der Waals surface area (Å²) in [7, 11) is 0. The van der Waals surface area contributed by atoms with Gasteiger partial charge in [-0.05, 0) is 96.2 Å². The van der Waals surface area contributed by atoms with Crippen LogP contribution in [0.25, 0.3) is 71.7 Å². The van der Waals surface area contributed by atoms with Crippen molar-refractivity contribution in [1.29, 1.82) is 0 Å². The fraction of sp³-hybridized carbons (Fsp3) is 0.250. The Balaban J connectivity index is 1.19. The van der Waals surface area contributed by atoms with Crippen LogP contribution in [0.1, 0.15) is 87.2 Å². The lowest BCUT2D eigenvalue weighted by Gasteiger charge is -2.22. The van der Waals surface area contributed by atoms with E-state index in [0.717, 1.165) is 27.5 Å². The third kappa shape index (κ3) is 4.91. The first-order valence-electron chi connectivity index (χ1n) is 19.0. The molecule has 0 unspecified atom stereocenters. The molecular weight excluding hydrogens is 607 g/mol. The summed E-state index contributed by atoms with van der Waals surface area (Å²) in [4.78, 5) is 0. The van der Waals surface area contributed by atoms with Crippen LogP contribution in [-0.2, 0) is 0 Å². The predicted octanol–water partition coefficient (Wildman–Crippen LogP) is 14.1. The number of hydrogen-bond donors (Lipinski definition) is 0. The monoisotopic (exact) mass is 649 g/mol. The highest BCUT2D eigenvalue weighted by molar-refractivity contribution is 6.12. The topological polar surface area (TPSA) is 18.1 Å². The molecule has 2 fully saturated rings. The van der Waals surface area contributed by atoms with Gasteiger partial charge in [0, 0.05) is 32.7 Å². The maximum Gasteiger partial charge on any atom is 0.143 e. The van der Waals surface area contributed by atoms with Crippen molar-refractivity contribution in [2.24, 2.45) is 0 Å². The number of furan rings is 1. The molecule has 0 amide bonds. The molecule has 0 aliphatic heterocycles. The molecule has 0 atom stereocenters. The minimum Gasteiger partial charge on any atom is -0.455 e. The van der Waals surface area contributed by atoms with Crippen LogP contribution in [0, 0.1) is 0 Å². The summed E-state index contributed by atoms with van der Waals surface area (Å²) in [5, 5.41) is 5.12. The Labute approximate surface area is 294 Å². The Bertz CT molecular complexity index is 2440. The molecule has 0 N–H and O–H groups in total. The Hall–Kier alpha value is -5.08. The first kappa shape index (κ1) is 29.8. The molecule has 0 spiro atoms. The van der Waals surface area contributed by atoms with E-state index in [-0.39, 0.29) is 0 Å². The van der Waals surface area contributed by atoms with Gasteiger partial charge in [-0.2, -0.15) is 0 Å². The second-order valence-corrected chi connectivity index (χ2v) is 14.9. The summed E-state index contributed by atoms with van der Waals surface area (Å²) < 4.78 is 9.11. The maximum absolute atomic E-state index is 6.56. The molecule has 2 saturated carbocycles. The number of rotatable bonds is 5. The zero-order chi connectivity index (χ0) is 33.0. The summed E-state index contributed by atoms with van der Waals surface area (Å²) in [5.41, 5.74) is 13.5. The smallest absolute Gasteiger partial charge is 0.143 e. The van der Waals surface area contributed by atoms with Crippen molar-refractivity contribution >= 4 is 43.7 Å². The molecule has 10 rings (SSSR count). The quantitative estimate of drug-likeness (QED) is 0.181. The molecule has 2 aromatic heterocycles. The van der Waals surface area contributed by atoms with Crippen LogP contribution in [0.5, 0.6) is 0 Å². The number of para-hydroxylation sites is 3. The number of nitrogens with zero attached hydrogens (tertiary/aromatic N) is 1. The Morgan fingerprint density at radius 3 is 1.60 bits per heavy atom. The maximum atomic E-state index is 6.56. The molecule has 50 heavy (non-hydrogen) atoms. The van der Waals surface area contributed by atoms with Crippen molar-refractivity contribution in [2.75, 3.05) is 0 Å². The Morgan fingerprint density at radius 1 is 0.420 bits per heavy atom. The second-order valence-electron chi connectivity index (χ2n) is 14.9. The normalized spacial score (nSPS) is 16.2. The van der Waals surface area contributed by atoms with Gasteiger partial charge in [-0.3, -0.25) is 0 Å². The van der Waals surface area contributed by atoms with E-state index in [2.05, 4.69) is 132 Å². The summed E-state index contributed by atoms with van der Waals surface area (Å²) >= 11 is 0. The van der Waals surface area contributed by atoms with Gasteiger partial charge in [0.25, 0.3) is 0 Å². The van der Waals surface area contributed by atoms with Crippen molar-refractivity contribution in [2.45, 2.75) is 76.0 Å². The zero-order valence-electron chi connectivity index (χ0n) is 28.7. The van der Waals surface area contributed by atoms with Crippen LogP contribution in [0.15, 0.2) is 132 Å². The van der Waals surface area contributed by atoms with E-state index in [9.17, 15) is 0 Å². The SMILES string of the molecule is c1ccc(-c2cccc3c2oc2ccccc23)c(-c2ccccc2-n2c3ccc(C4CCCCC4)cc3c3cc(C4CCCCC4)ccc32)c1. The van der Waals surface area contributed by atoms with Crippen LogP contribution < -0.4 is 0 Å². The van der Waals surface area contributed by atoms with Crippen LogP contribution in [0.2, 0.25) is 0 Å². The van der Waals surface area contributed by atoms with Crippen LogP contribution in [0.3, 0.4) is 0 Å². The summed E-state index contributed by atoms with van der Waals surface area (Å²) in [6.07, 6.45) is 13.4. The molecule has 0 bridgehead atoms. The molecular formula is C48H43NO. The second kappa shape index (κ2) is 12.4. The number of fused-ring (bicyclic) bond motifs is 6. The first-order chi connectivity index (χ1) is 24.8. The molecule has 8 aromatic rings. The van der Waals surface area contributed by atoms with Gasteiger partial charge in [-0.25, -0.2) is 0 Å². The predicted molar refractivity (Wildman–Crippen MR) is 211 cm³/mol. The van der Waals surface area contributed by atoms with Crippen molar-refractivity contribution in [3.8, 4) is 27.9 Å². The number of aromatic nitrogens is 1. The van der Waals surface area contributed by atoms with Gasteiger partial charge in [0.1, 0.15) is 11.2 Å². The minimum absolute atomic E-state index is 0.674. The Kier molecular flexibility index (Phi) is 7.36. The highest BCUT2D eigenvalue weighted by atomic mass is 16.3. The standard InChI is InChI=1S/C48H43NO/c1-3-14-32(15-4-1)34-26-28-45-42(30-34)43-31-35(33-16-5-2-6-17-33)27-29-46(43)49(45)44-24-11-9-20-38(44)36-18-7-8-19-37(36)40-22-13-23-41-39-21-10-12-25-47(39)50-48(40)41/h7-13,18-33H,1-6,14-17H2. The largest absolute Gasteiger partial charge is 0.455 e. The summed E-state index contributed by atoms with van der Waals surface area (Å²) in [5.74, 6) is 1.35. The van der Waals surface area contributed by atoms with Gasteiger partial charge in [0.05, 0.1) is 16.7 Å². The van der Waals surface area contributed by atoms with E-state index in [4.69, 9.17) is 4.42 Å². The van der Waals surface area contributed by atoms with E-state index in [0.29, 0.717) is 11.8 Å². The number of benzene rings is 6. The van der Waals surface area contributed by atoms with Crippen molar-refractivity contribution in [3.05, 3.63) is 139 Å². The summed E-state index contributed by atoms with van der Waals surface area (Å²) in [6, 6.07) is 47.7. The lowest BCUT2D eigenvalue weighted by molar-refractivity contribution is 0.444. The summed E-state index contributed by atoms with van der Waals surface area (Å²) in [6.45, 7) is 0. The third-order valence-corrected chi connectivity index (χ3v) is 12.0. The van der Waals surface area contributed by atoms with Gasteiger partial charge < -0.3 is 8.98 Å². The molecule has 2 heterocycles. The average Bonchev–Trinajstić information content (AvgIpc) is 3.74. The van der Waals surface area contributed by atoms with Gasteiger partial charge in [-0.1, -0.05) is 130 Å². The van der Waals surface area contributed by atoms with Crippen LogP contribution >= 0.6 is 0 Å². The zero-order valence-corrected chi connectivity index (χ0v) is 28.7. The van der Waals surface area contributed by atoms with Gasteiger partial charge >= 0.3 is 0 Å². The van der Waals surface area contributed by atoms with Gasteiger partial charge in [0.15, 0.2) is 0 Å². The molecule has 2 heteroatoms. The fourth-order valence-electron chi connectivity index (χ4n) is 9.51. The first-order valence-corrected chi connectivity index (χ1v) is 19.0. The Morgan fingerprint density at radius 2 is 0.940 bits per heavy atom. The number of hydrogen-bond acceptors (Lipinski definition) is 1. The highest BCUT2D eigenvalue weighted by Gasteiger charge is 2.23. The molecule has 6 aromatic carbocycles. The third-order valence-electron chi connectivity index (χ3n) is 12.0. The van der Waals surface area contributed by atoms with Crippen molar-refractivity contribution in [1.82, 2.24) is 4.57 Å². The van der Waals surface area contributed by atoms with E-state index >= 15 is 0 Å². The fourth-order valence-corrected chi connectivity index (χ4v) is 9.51. The van der Waals surface area contributed by atoms with Crippen molar-refractivity contribution in [3.63, 3.8) is 0 Å². The lowest BCUT2D eigenvalue weighted by atomic mass is 9.83. The molecule has 0 saturated heterocycles. The van der Waals surface area contributed by atoms with Crippen LogP contribution in [-0.4, -0.2) is 4.57 Å². The van der Waals surface area contributed by atoms with Crippen LogP contribution in [0.4, 0.5) is 0 Å². The minimum atomic E-state index is 0.674. The van der Waals surface area contributed by atoms with Gasteiger partial charge in [0.2, 0.25) is 0 Å². The lowest BCUT2D eigenvalue weighted by Crippen LogP contribution is -2.04. The molecule has 2 aliphatic rings. The molecule has 2 nitrogen and oxygen atoms in total. The highest BCUT2D eigenvalue weighted by Crippen LogP contribution is 2.44. The van der Waals surface area contributed by atoms with E-state index in [1.165, 1.54) is 120 Å². The molecule has 2 aliphatic carbocycles. The van der Waals surface area contributed by atoms with E-state index in [1.807, 2.05) is 0 Å². The average molecular weight is 650 g/mol. The van der Waals surface area contributed by atoms with Gasteiger partial charge in [-0.15, -0.1) is 0 Å². The van der Waals surface area contributed by atoms with Crippen molar-refractivity contribution < 1.29 is 4.42 Å². The molecule has 246 valence electrons. The molecule has 0 radical (unpaired) electrons. The van der Waals surface area contributed by atoms with E-state index in [1.54, 1.807) is 0 Å².